The predicted octanol–water partition coefficient (Wildman–Crippen LogP) is 2.78. The summed E-state index contributed by atoms with van der Waals surface area (Å²) in [6.07, 6.45) is -5.12. The normalized spacial score (nSPS) is 16.3. The second kappa shape index (κ2) is 10.5. The number of carbonyl (C=O) groups excluding carboxylic acids is 2. The standard InChI is InChI=1S/C26H19F4N5O6/c27-17-11-32-35-19(24(38)34-21-16-5-4-13(25(39)40)7-14(16)8-20(21)36)9-18(33-22(17)35)23(37)31-10-12-2-1-3-15(6-12)41-26(28,29)30/h1-7,9,11,20-21,36H,8,10H2,(H,31,37)(H,34,38)(H,39,40)/t20-,21+/m0/s1. The quantitative estimate of drug-likeness (QED) is 0.246. The zero-order valence-electron chi connectivity index (χ0n) is 20.6. The fourth-order valence-electron chi connectivity index (χ4n) is 4.50. The number of aromatic carboxylic acids is 1. The Balaban J connectivity index is 1.38. The molecule has 212 valence electrons. The van der Waals surface area contributed by atoms with Crippen molar-refractivity contribution in [3.63, 3.8) is 0 Å². The zero-order valence-corrected chi connectivity index (χ0v) is 20.6. The first-order valence-electron chi connectivity index (χ1n) is 11.9. The molecule has 4 aromatic rings. The highest BCUT2D eigenvalue weighted by molar-refractivity contribution is 5.98. The van der Waals surface area contributed by atoms with Gasteiger partial charge in [-0.1, -0.05) is 18.2 Å². The third-order valence-corrected chi connectivity index (χ3v) is 6.30. The first kappa shape index (κ1) is 27.5. The average molecular weight is 573 g/mol. The number of amides is 2. The lowest BCUT2D eigenvalue weighted by atomic mass is 10.0. The molecular formula is C26H19F4N5O6. The summed E-state index contributed by atoms with van der Waals surface area (Å²) >= 11 is 0. The van der Waals surface area contributed by atoms with Crippen molar-refractivity contribution in [3.05, 3.63) is 94.2 Å². The number of halogens is 4. The Hall–Kier alpha value is -5.05. The van der Waals surface area contributed by atoms with Crippen molar-refractivity contribution < 1.29 is 46.9 Å². The number of hydrogen-bond acceptors (Lipinski definition) is 7. The van der Waals surface area contributed by atoms with Gasteiger partial charge in [0.15, 0.2) is 11.5 Å². The highest BCUT2D eigenvalue weighted by Crippen LogP contribution is 2.32. The Labute approximate surface area is 227 Å². The fraction of sp³-hybridized carbons (Fsp3) is 0.192. The van der Waals surface area contributed by atoms with Crippen LogP contribution in [-0.4, -0.2) is 55.1 Å². The molecule has 2 aromatic carbocycles. The summed E-state index contributed by atoms with van der Waals surface area (Å²) in [4.78, 5) is 41.4. The van der Waals surface area contributed by atoms with Crippen molar-refractivity contribution >= 4 is 23.4 Å². The molecule has 4 N–H and O–H groups in total. The summed E-state index contributed by atoms with van der Waals surface area (Å²) in [5.41, 5.74) is 0.160. The number of nitrogens with zero attached hydrogens (tertiary/aromatic N) is 3. The molecule has 1 aliphatic rings. The molecule has 0 aliphatic heterocycles. The maximum Gasteiger partial charge on any atom is 0.573 e. The molecule has 5 rings (SSSR count). The highest BCUT2D eigenvalue weighted by Gasteiger charge is 2.34. The average Bonchev–Trinajstić information content (AvgIpc) is 3.44. The van der Waals surface area contributed by atoms with Gasteiger partial charge in [0.1, 0.15) is 17.1 Å². The Kier molecular flexibility index (Phi) is 7.04. The monoisotopic (exact) mass is 573 g/mol. The highest BCUT2D eigenvalue weighted by atomic mass is 19.4. The number of aliphatic hydroxyl groups excluding tert-OH is 1. The fourth-order valence-corrected chi connectivity index (χ4v) is 4.50. The number of nitrogens with one attached hydrogen (secondary N) is 2. The smallest absolute Gasteiger partial charge is 0.478 e. The number of fused-ring (bicyclic) bond motifs is 2. The summed E-state index contributed by atoms with van der Waals surface area (Å²) < 4.78 is 56.7. The maximum atomic E-state index is 14.4. The summed E-state index contributed by atoms with van der Waals surface area (Å²) in [5.74, 6) is -4.28. The van der Waals surface area contributed by atoms with E-state index in [9.17, 15) is 42.2 Å². The zero-order chi connectivity index (χ0) is 29.5. The van der Waals surface area contributed by atoms with Crippen LogP contribution in [0.25, 0.3) is 5.65 Å². The topological polar surface area (TPSA) is 155 Å². The van der Waals surface area contributed by atoms with Gasteiger partial charge in [-0.25, -0.2) is 18.7 Å². The van der Waals surface area contributed by atoms with Gasteiger partial charge in [0.05, 0.1) is 23.9 Å². The number of carboxylic acids is 1. The minimum Gasteiger partial charge on any atom is -0.478 e. The number of hydrogen-bond donors (Lipinski definition) is 4. The van der Waals surface area contributed by atoms with Crippen LogP contribution in [0.15, 0.2) is 54.7 Å². The third-order valence-electron chi connectivity index (χ3n) is 6.30. The van der Waals surface area contributed by atoms with Crippen LogP contribution in [0.3, 0.4) is 0 Å². The number of alkyl halides is 3. The van der Waals surface area contributed by atoms with Crippen molar-refractivity contribution in [2.45, 2.75) is 31.5 Å². The van der Waals surface area contributed by atoms with E-state index in [1.54, 1.807) is 0 Å². The van der Waals surface area contributed by atoms with E-state index in [1.165, 1.54) is 30.3 Å². The molecule has 15 heteroatoms. The summed E-state index contributed by atoms with van der Waals surface area (Å²) in [6, 6.07) is 9.22. The van der Waals surface area contributed by atoms with Crippen molar-refractivity contribution in [1.29, 1.82) is 0 Å². The third kappa shape index (κ3) is 5.79. The number of aromatic nitrogens is 3. The van der Waals surface area contributed by atoms with Gasteiger partial charge in [0.2, 0.25) is 0 Å². The summed E-state index contributed by atoms with van der Waals surface area (Å²) in [7, 11) is 0. The maximum absolute atomic E-state index is 14.4. The van der Waals surface area contributed by atoms with Crippen molar-refractivity contribution in [3.8, 4) is 5.75 Å². The molecule has 11 nitrogen and oxygen atoms in total. The molecule has 2 atom stereocenters. The van der Waals surface area contributed by atoms with Crippen LogP contribution >= 0.6 is 0 Å². The molecule has 1 aliphatic carbocycles. The second-order valence-corrected chi connectivity index (χ2v) is 9.07. The SMILES string of the molecule is O=C(O)c1ccc2c(c1)C[C@H](O)[C@@H]2NC(=O)c1cc(C(=O)NCc2cccc(OC(F)(F)F)c2)nc2c(F)cnn12. The molecule has 0 bridgehead atoms. The first-order valence-corrected chi connectivity index (χ1v) is 11.9. The first-order chi connectivity index (χ1) is 19.4. The molecule has 0 fully saturated rings. The molecule has 2 aromatic heterocycles. The van der Waals surface area contributed by atoms with Gasteiger partial charge >= 0.3 is 12.3 Å². The van der Waals surface area contributed by atoms with Crippen LogP contribution in [0.1, 0.15) is 54.1 Å². The van der Waals surface area contributed by atoms with Crippen LogP contribution in [0, 0.1) is 5.82 Å². The molecule has 2 heterocycles. The van der Waals surface area contributed by atoms with E-state index in [0.29, 0.717) is 11.1 Å². The Morgan fingerprint density at radius 1 is 1.10 bits per heavy atom. The van der Waals surface area contributed by atoms with Crippen LogP contribution in [0.2, 0.25) is 0 Å². The largest absolute Gasteiger partial charge is 0.573 e. The lowest BCUT2D eigenvalue weighted by molar-refractivity contribution is -0.274. The lowest BCUT2D eigenvalue weighted by Crippen LogP contribution is -2.35. The van der Waals surface area contributed by atoms with Crippen LogP contribution in [0.5, 0.6) is 5.75 Å². The molecule has 0 spiro atoms. The Morgan fingerprint density at radius 3 is 2.61 bits per heavy atom. The van der Waals surface area contributed by atoms with E-state index in [2.05, 4.69) is 25.5 Å². The minimum atomic E-state index is -4.90. The number of carbonyl (C=O) groups is 3. The molecule has 0 saturated heterocycles. The van der Waals surface area contributed by atoms with Crippen molar-refractivity contribution in [1.82, 2.24) is 25.2 Å². The van der Waals surface area contributed by atoms with E-state index < -0.39 is 53.5 Å². The van der Waals surface area contributed by atoms with Gasteiger partial charge in [-0.05, 0) is 41.0 Å². The number of ether oxygens (including phenoxy) is 1. The van der Waals surface area contributed by atoms with Gasteiger partial charge in [-0.15, -0.1) is 13.2 Å². The van der Waals surface area contributed by atoms with Gasteiger partial charge in [-0.2, -0.15) is 5.10 Å². The van der Waals surface area contributed by atoms with Gasteiger partial charge in [-0.3, -0.25) is 9.59 Å². The van der Waals surface area contributed by atoms with E-state index in [4.69, 9.17) is 0 Å². The number of benzene rings is 2. The number of aliphatic hydroxyl groups is 1. The summed E-state index contributed by atoms with van der Waals surface area (Å²) in [5, 5.41) is 28.6. The minimum absolute atomic E-state index is 0.0149. The van der Waals surface area contributed by atoms with Gasteiger partial charge in [0.25, 0.3) is 11.8 Å². The van der Waals surface area contributed by atoms with Gasteiger partial charge < -0.3 is 25.6 Å². The second-order valence-electron chi connectivity index (χ2n) is 9.07. The molecule has 0 radical (unpaired) electrons. The van der Waals surface area contributed by atoms with Gasteiger partial charge in [0, 0.05) is 19.0 Å². The summed E-state index contributed by atoms with van der Waals surface area (Å²) in [6.45, 7) is -0.243. The van der Waals surface area contributed by atoms with E-state index in [-0.39, 0.29) is 35.5 Å². The molecule has 0 saturated carbocycles. The molecule has 2 amide bonds. The van der Waals surface area contributed by atoms with Crippen molar-refractivity contribution in [2.75, 3.05) is 0 Å². The van der Waals surface area contributed by atoms with Crippen LogP contribution in [0.4, 0.5) is 17.6 Å². The van der Waals surface area contributed by atoms with E-state index >= 15 is 0 Å². The van der Waals surface area contributed by atoms with Crippen LogP contribution < -0.4 is 15.4 Å². The van der Waals surface area contributed by atoms with Crippen molar-refractivity contribution in [2.24, 2.45) is 0 Å². The van der Waals surface area contributed by atoms with E-state index in [1.807, 2.05) is 0 Å². The number of rotatable bonds is 7. The molecule has 0 unspecified atom stereocenters. The molecular weight excluding hydrogens is 554 g/mol. The number of carboxylic acid groups (broad SMARTS) is 1. The molecule has 41 heavy (non-hydrogen) atoms. The Morgan fingerprint density at radius 2 is 1.88 bits per heavy atom. The van der Waals surface area contributed by atoms with E-state index in [0.717, 1.165) is 28.9 Å². The Bertz CT molecular complexity index is 1690. The predicted molar refractivity (Wildman–Crippen MR) is 131 cm³/mol. The lowest BCUT2D eigenvalue weighted by Gasteiger charge is -2.18. The van der Waals surface area contributed by atoms with Crippen LogP contribution in [-0.2, 0) is 13.0 Å².